The number of benzene rings is 2. The van der Waals surface area contributed by atoms with Crippen LogP contribution in [0.2, 0.25) is 0 Å². The standard InChI is InChI=1S/C22H23FN4O4S.C2HF3O2/c1-4-27-15-7-5-13(10-17(15)32-21(27)26-11-22(2,3)20(29)30)19(28)31-16-8-6-12(18(24)25)9-14(16)23;3-2(4,5)1(6)7/h5-10H,4,11H2,1-3H3,(H3,24,25)(H,29,30);(H,6,7). The molecule has 1 aromatic heterocycles. The molecule has 0 saturated heterocycles. The second-order valence-corrected chi connectivity index (χ2v) is 9.58. The Morgan fingerprint density at radius 3 is 2.15 bits per heavy atom. The van der Waals surface area contributed by atoms with Gasteiger partial charge in [-0.05, 0) is 57.2 Å². The van der Waals surface area contributed by atoms with Crippen LogP contribution < -0.4 is 15.3 Å². The number of hydrogen-bond donors (Lipinski definition) is 4. The largest absolute Gasteiger partial charge is 0.490 e. The summed E-state index contributed by atoms with van der Waals surface area (Å²) in [5, 5.41) is 23.8. The van der Waals surface area contributed by atoms with E-state index in [0.717, 1.165) is 16.3 Å². The first-order valence-corrected chi connectivity index (χ1v) is 11.8. The maximum absolute atomic E-state index is 14.2. The summed E-state index contributed by atoms with van der Waals surface area (Å²) in [4.78, 5) is 38.0. The number of carboxylic acid groups (broad SMARTS) is 2. The van der Waals surface area contributed by atoms with Crippen molar-refractivity contribution in [2.24, 2.45) is 16.1 Å². The van der Waals surface area contributed by atoms with Gasteiger partial charge in [0.15, 0.2) is 16.4 Å². The number of rotatable bonds is 7. The van der Waals surface area contributed by atoms with Gasteiger partial charge < -0.3 is 25.3 Å². The summed E-state index contributed by atoms with van der Waals surface area (Å²) < 4.78 is 53.8. The number of nitrogen functional groups attached to an aromatic ring is 1. The van der Waals surface area contributed by atoms with Crippen molar-refractivity contribution in [2.75, 3.05) is 6.54 Å². The van der Waals surface area contributed by atoms with E-state index >= 15 is 0 Å². The Labute approximate surface area is 222 Å². The van der Waals surface area contributed by atoms with Crippen LogP contribution in [-0.4, -0.2) is 51.2 Å². The average Bonchev–Trinajstić information content (AvgIpc) is 3.20. The lowest BCUT2D eigenvalue weighted by Crippen LogP contribution is -2.28. The number of aromatic nitrogens is 1. The number of nitrogens with zero attached hydrogens (tertiary/aromatic N) is 2. The Kier molecular flexibility index (Phi) is 9.57. The van der Waals surface area contributed by atoms with Crippen LogP contribution in [0.5, 0.6) is 5.75 Å². The van der Waals surface area contributed by atoms with Crippen molar-refractivity contribution in [1.29, 1.82) is 5.41 Å². The number of halogens is 4. The molecule has 0 atom stereocenters. The normalized spacial score (nSPS) is 12.0. The van der Waals surface area contributed by atoms with Gasteiger partial charge in [-0.15, -0.1) is 0 Å². The lowest BCUT2D eigenvalue weighted by atomic mass is 9.94. The summed E-state index contributed by atoms with van der Waals surface area (Å²) in [7, 11) is 0. The fraction of sp³-hybridized carbons (Fsp3) is 0.292. The molecule has 2 aromatic carbocycles. The van der Waals surface area contributed by atoms with Gasteiger partial charge in [-0.2, -0.15) is 13.2 Å². The maximum atomic E-state index is 14.2. The van der Waals surface area contributed by atoms with E-state index in [1.807, 2.05) is 11.5 Å². The lowest BCUT2D eigenvalue weighted by Gasteiger charge is -2.15. The summed E-state index contributed by atoms with van der Waals surface area (Å²) in [5.74, 6) is -5.77. The molecule has 1 heterocycles. The Bertz CT molecular complexity index is 1490. The number of aryl methyl sites for hydroxylation is 1. The van der Waals surface area contributed by atoms with Crippen LogP contribution in [0.4, 0.5) is 17.6 Å². The minimum absolute atomic E-state index is 0.111. The smallest absolute Gasteiger partial charge is 0.481 e. The van der Waals surface area contributed by atoms with Gasteiger partial charge in [0.2, 0.25) is 0 Å². The van der Waals surface area contributed by atoms with E-state index in [1.165, 1.54) is 23.5 Å². The zero-order valence-corrected chi connectivity index (χ0v) is 21.6. The maximum Gasteiger partial charge on any atom is 0.490 e. The lowest BCUT2D eigenvalue weighted by molar-refractivity contribution is -0.192. The van der Waals surface area contributed by atoms with Gasteiger partial charge in [-0.3, -0.25) is 15.2 Å². The Hall–Kier alpha value is -4.27. The van der Waals surface area contributed by atoms with Crippen molar-refractivity contribution in [3.05, 3.63) is 58.1 Å². The summed E-state index contributed by atoms with van der Waals surface area (Å²) in [6.45, 7) is 5.89. The number of ether oxygens (including phenoxy) is 1. The molecule has 39 heavy (non-hydrogen) atoms. The number of carboxylic acids is 2. The highest BCUT2D eigenvalue weighted by Crippen LogP contribution is 2.23. The summed E-state index contributed by atoms with van der Waals surface area (Å²) >= 11 is 1.33. The van der Waals surface area contributed by atoms with Gasteiger partial charge in [0.1, 0.15) is 5.84 Å². The van der Waals surface area contributed by atoms with Crippen LogP contribution in [0.1, 0.15) is 36.7 Å². The third-order valence-electron chi connectivity index (χ3n) is 5.11. The topological polar surface area (TPSA) is 168 Å². The highest BCUT2D eigenvalue weighted by molar-refractivity contribution is 7.16. The van der Waals surface area contributed by atoms with E-state index in [2.05, 4.69) is 4.99 Å². The highest BCUT2D eigenvalue weighted by Gasteiger charge is 2.38. The van der Waals surface area contributed by atoms with E-state index in [9.17, 15) is 32.3 Å². The molecule has 0 spiro atoms. The Morgan fingerprint density at radius 1 is 1.08 bits per heavy atom. The number of nitrogens with two attached hydrogens (primary N) is 1. The number of alkyl halides is 3. The Morgan fingerprint density at radius 2 is 1.67 bits per heavy atom. The summed E-state index contributed by atoms with van der Waals surface area (Å²) in [5.41, 5.74) is 5.60. The third-order valence-corrected chi connectivity index (χ3v) is 6.19. The number of amidine groups is 1. The number of thiazole rings is 1. The van der Waals surface area contributed by atoms with E-state index < -0.39 is 35.3 Å². The predicted octanol–water partition coefficient (Wildman–Crippen LogP) is 4.01. The number of carbonyl (C=O) groups is 3. The fourth-order valence-electron chi connectivity index (χ4n) is 2.87. The van der Waals surface area contributed by atoms with E-state index in [0.29, 0.717) is 11.3 Å². The number of esters is 1. The number of fused-ring (bicyclic) bond motifs is 1. The van der Waals surface area contributed by atoms with Crippen LogP contribution in [0, 0.1) is 16.6 Å². The van der Waals surface area contributed by atoms with E-state index in [1.54, 1.807) is 32.0 Å². The molecule has 0 amide bonds. The average molecular weight is 573 g/mol. The number of carbonyl (C=O) groups excluding carboxylic acids is 1. The van der Waals surface area contributed by atoms with Crippen molar-refractivity contribution in [3.8, 4) is 5.75 Å². The second-order valence-electron chi connectivity index (χ2n) is 8.57. The molecule has 3 rings (SSSR count). The predicted molar refractivity (Wildman–Crippen MR) is 133 cm³/mol. The number of hydrogen-bond acceptors (Lipinski definition) is 7. The molecular weight excluding hydrogens is 548 g/mol. The molecule has 0 fully saturated rings. The molecule has 0 bridgehead atoms. The first kappa shape index (κ1) is 31.0. The number of nitrogens with one attached hydrogen (secondary N) is 1. The van der Waals surface area contributed by atoms with Crippen LogP contribution >= 0.6 is 11.3 Å². The van der Waals surface area contributed by atoms with Crippen molar-refractivity contribution < 1.29 is 46.9 Å². The van der Waals surface area contributed by atoms with Gasteiger partial charge in [-0.1, -0.05) is 11.3 Å². The minimum Gasteiger partial charge on any atom is -0.481 e. The molecule has 10 nitrogen and oxygen atoms in total. The van der Waals surface area contributed by atoms with Gasteiger partial charge >= 0.3 is 24.1 Å². The quantitative estimate of drug-likeness (QED) is 0.109. The molecule has 210 valence electrons. The van der Waals surface area contributed by atoms with Crippen LogP contribution in [0.15, 0.2) is 41.4 Å². The minimum atomic E-state index is -5.08. The zero-order chi connectivity index (χ0) is 29.7. The SMILES string of the molecule is CCn1c(=NCC(C)(C)C(=O)O)sc2cc(C(=O)Oc3ccc(C(=N)N)cc3F)ccc21.O=C(O)C(F)(F)F. The monoisotopic (exact) mass is 572 g/mol. The van der Waals surface area contributed by atoms with E-state index in [-0.39, 0.29) is 29.3 Å². The molecule has 5 N–H and O–H groups in total. The van der Waals surface area contributed by atoms with Crippen molar-refractivity contribution in [1.82, 2.24) is 4.57 Å². The molecule has 0 saturated carbocycles. The fourth-order valence-corrected chi connectivity index (χ4v) is 4.00. The molecular formula is C24H24F4N4O6S. The van der Waals surface area contributed by atoms with Crippen LogP contribution in [0.3, 0.4) is 0 Å². The first-order chi connectivity index (χ1) is 18.0. The molecule has 0 aliphatic carbocycles. The molecule has 0 radical (unpaired) electrons. The van der Waals surface area contributed by atoms with Crippen LogP contribution in [0.25, 0.3) is 10.2 Å². The Balaban J connectivity index is 0.000000673. The van der Waals surface area contributed by atoms with Gasteiger partial charge in [-0.25, -0.2) is 14.0 Å². The van der Waals surface area contributed by atoms with Gasteiger partial charge in [0, 0.05) is 12.1 Å². The zero-order valence-electron chi connectivity index (χ0n) is 20.8. The second kappa shape index (κ2) is 12.1. The summed E-state index contributed by atoms with van der Waals surface area (Å²) in [6, 6.07) is 8.65. The molecule has 3 aromatic rings. The van der Waals surface area contributed by atoms with Crippen molar-refractivity contribution in [3.63, 3.8) is 0 Å². The molecule has 0 aliphatic rings. The van der Waals surface area contributed by atoms with Gasteiger partial charge in [0.05, 0.1) is 27.7 Å². The highest BCUT2D eigenvalue weighted by atomic mass is 32.1. The van der Waals surface area contributed by atoms with Gasteiger partial charge in [0.25, 0.3) is 0 Å². The van der Waals surface area contributed by atoms with E-state index in [4.69, 9.17) is 25.8 Å². The first-order valence-electron chi connectivity index (χ1n) is 11.0. The third kappa shape index (κ3) is 7.86. The molecule has 0 aliphatic heterocycles. The van der Waals surface area contributed by atoms with Crippen molar-refractivity contribution >= 4 is 45.3 Å². The molecule has 0 unspecified atom stereocenters. The summed E-state index contributed by atoms with van der Waals surface area (Å²) in [6.07, 6.45) is -5.08. The van der Waals surface area contributed by atoms with Crippen LogP contribution in [-0.2, 0) is 16.1 Å². The molecule has 15 heteroatoms. The van der Waals surface area contributed by atoms with Crippen molar-refractivity contribution in [2.45, 2.75) is 33.5 Å². The number of aliphatic carboxylic acids is 2.